The molecular weight excluding hydrogens is 352 g/mol. The number of nitrogens with zero attached hydrogens (tertiary/aromatic N) is 2. The first-order valence-electron chi connectivity index (χ1n) is 9.04. The average Bonchev–Trinajstić information content (AvgIpc) is 2.87. The quantitative estimate of drug-likeness (QED) is 0.822. The van der Waals surface area contributed by atoms with Crippen LogP contribution in [0.2, 0.25) is 5.02 Å². The molecule has 0 spiro atoms. The van der Waals surface area contributed by atoms with Crippen LogP contribution in [0.4, 0.5) is 0 Å². The maximum atomic E-state index is 12.8. The molecule has 2 atom stereocenters. The Morgan fingerprint density at radius 1 is 1.31 bits per heavy atom. The summed E-state index contributed by atoms with van der Waals surface area (Å²) in [7, 11) is 0. The number of aromatic hydroxyl groups is 1. The smallest absolute Gasteiger partial charge is 0.228 e. The Hall–Kier alpha value is -2.01. The molecule has 0 aromatic heterocycles. The fourth-order valence-electron chi connectivity index (χ4n) is 3.71. The molecule has 26 heavy (non-hydrogen) atoms. The summed E-state index contributed by atoms with van der Waals surface area (Å²) in [6, 6.07) is 4.91. The van der Waals surface area contributed by atoms with Gasteiger partial charge < -0.3 is 14.9 Å². The number of hydrogen-bond acceptors (Lipinski definition) is 3. The Morgan fingerprint density at radius 2 is 2.08 bits per heavy atom. The highest BCUT2D eigenvalue weighted by molar-refractivity contribution is 6.32. The lowest BCUT2D eigenvalue weighted by molar-refractivity contribution is -0.139. The van der Waals surface area contributed by atoms with Crippen LogP contribution in [0.5, 0.6) is 5.75 Å². The van der Waals surface area contributed by atoms with Crippen LogP contribution in [0, 0.1) is 5.92 Å². The minimum absolute atomic E-state index is 0.000482. The zero-order chi connectivity index (χ0) is 18.8. The molecule has 1 N–H and O–H groups in total. The van der Waals surface area contributed by atoms with Crippen LogP contribution in [0.1, 0.15) is 32.3 Å². The third-order valence-corrected chi connectivity index (χ3v) is 5.51. The molecule has 4 rings (SSSR count). The molecule has 1 aromatic carbocycles. The van der Waals surface area contributed by atoms with Crippen molar-refractivity contribution >= 4 is 23.4 Å². The van der Waals surface area contributed by atoms with Crippen molar-refractivity contribution in [3.05, 3.63) is 40.4 Å². The molecule has 2 bridgehead atoms. The maximum Gasteiger partial charge on any atom is 0.228 e. The number of rotatable bonds is 4. The van der Waals surface area contributed by atoms with E-state index in [-0.39, 0.29) is 41.0 Å². The normalized spacial score (nSPS) is 22.3. The van der Waals surface area contributed by atoms with Gasteiger partial charge in [-0.25, -0.2) is 0 Å². The van der Waals surface area contributed by atoms with Gasteiger partial charge in [-0.1, -0.05) is 29.3 Å². The molecule has 3 fully saturated rings. The fourth-order valence-corrected chi connectivity index (χ4v) is 3.92. The summed E-state index contributed by atoms with van der Waals surface area (Å²) in [5.74, 6) is 0.0742. The van der Waals surface area contributed by atoms with Crippen molar-refractivity contribution in [2.24, 2.45) is 5.92 Å². The van der Waals surface area contributed by atoms with E-state index in [2.05, 4.69) is 6.08 Å². The second kappa shape index (κ2) is 7.70. The van der Waals surface area contributed by atoms with E-state index in [9.17, 15) is 14.7 Å². The number of phenols is 1. The van der Waals surface area contributed by atoms with E-state index >= 15 is 0 Å². The van der Waals surface area contributed by atoms with Crippen LogP contribution in [-0.4, -0.2) is 52.4 Å². The van der Waals surface area contributed by atoms with Gasteiger partial charge >= 0.3 is 0 Å². The number of phenolic OH excluding ortho intramolecular Hbond substituents is 1. The van der Waals surface area contributed by atoms with Crippen LogP contribution >= 0.6 is 11.6 Å². The van der Waals surface area contributed by atoms with Crippen molar-refractivity contribution in [3.8, 4) is 5.75 Å². The Bertz CT molecular complexity index is 743. The van der Waals surface area contributed by atoms with Crippen LogP contribution in [0.15, 0.2) is 29.8 Å². The van der Waals surface area contributed by atoms with Gasteiger partial charge in [0.25, 0.3) is 0 Å². The van der Waals surface area contributed by atoms with E-state index in [1.807, 2.05) is 23.6 Å². The van der Waals surface area contributed by atoms with Crippen molar-refractivity contribution in [1.82, 2.24) is 9.80 Å². The zero-order valence-electron chi connectivity index (χ0n) is 15.2. The summed E-state index contributed by atoms with van der Waals surface area (Å²) >= 11 is 5.93. The Balaban J connectivity index is 1.72. The monoisotopic (exact) mass is 376 g/mol. The number of carbonyl (C=O) groups excluding carboxylic acids is 2. The molecule has 3 aliphatic heterocycles. The van der Waals surface area contributed by atoms with Gasteiger partial charge in [0.2, 0.25) is 11.8 Å². The molecular formula is C20H25ClN2O3. The van der Waals surface area contributed by atoms with Crippen molar-refractivity contribution < 1.29 is 14.7 Å². The van der Waals surface area contributed by atoms with Gasteiger partial charge in [-0.2, -0.15) is 0 Å². The summed E-state index contributed by atoms with van der Waals surface area (Å²) in [6.45, 7) is 5.76. The molecule has 140 valence electrons. The predicted octanol–water partition coefficient (Wildman–Crippen LogP) is 3.00. The molecule has 3 aliphatic rings. The zero-order valence-corrected chi connectivity index (χ0v) is 16.0. The van der Waals surface area contributed by atoms with Crippen LogP contribution in [-0.2, 0) is 16.0 Å². The Kier molecular flexibility index (Phi) is 5.56. The number of fused-ring (bicyclic) bond motifs is 4. The number of amides is 2. The van der Waals surface area contributed by atoms with Gasteiger partial charge in [0, 0.05) is 25.7 Å². The molecule has 0 unspecified atom stereocenters. The fraction of sp³-hybridized carbons (Fsp3) is 0.500. The predicted molar refractivity (Wildman–Crippen MR) is 101 cm³/mol. The molecule has 3 saturated heterocycles. The third kappa shape index (κ3) is 4.04. The average molecular weight is 377 g/mol. The summed E-state index contributed by atoms with van der Waals surface area (Å²) in [6.07, 6.45) is 4.09. The number of carbonyl (C=O) groups is 2. The number of piperidine rings is 1. The van der Waals surface area contributed by atoms with Gasteiger partial charge in [0.15, 0.2) is 0 Å². The largest absolute Gasteiger partial charge is 0.506 e. The number of allylic oxidation sites excluding steroid dienone is 1. The van der Waals surface area contributed by atoms with Crippen LogP contribution in [0.25, 0.3) is 0 Å². The number of halogens is 1. The van der Waals surface area contributed by atoms with Crippen LogP contribution in [0.3, 0.4) is 0 Å². The van der Waals surface area contributed by atoms with Gasteiger partial charge in [-0.15, -0.1) is 0 Å². The second-order valence-electron chi connectivity index (χ2n) is 7.46. The first-order valence-corrected chi connectivity index (χ1v) is 9.42. The van der Waals surface area contributed by atoms with E-state index in [1.165, 1.54) is 11.6 Å². The molecule has 1 aromatic rings. The third-order valence-electron chi connectivity index (χ3n) is 5.21. The van der Waals surface area contributed by atoms with Gasteiger partial charge in [-0.3, -0.25) is 9.59 Å². The summed E-state index contributed by atoms with van der Waals surface area (Å²) in [5.41, 5.74) is 1.96. The number of hydrogen-bond donors (Lipinski definition) is 1. The highest BCUT2D eigenvalue weighted by atomic mass is 35.5. The molecule has 0 saturated carbocycles. The van der Waals surface area contributed by atoms with Crippen molar-refractivity contribution in [2.75, 3.05) is 19.6 Å². The lowest BCUT2D eigenvalue weighted by Gasteiger charge is -2.35. The van der Waals surface area contributed by atoms with Crippen molar-refractivity contribution in [1.29, 1.82) is 0 Å². The molecule has 0 aliphatic carbocycles. The van der Waals surface area contributed by atoms with Gasteiger partial charge in [-0.05, 0) is 44.4 Å². The van der Waals surface area contributed by atoms with Crippen molar-refractivity contribution in [2.45, 2.75) is 39.2 Å². The minimum Gasteiger partial charge on any atom is -0.506 e. The topological polar surface area (TPSA) is 60.9 Å². The second-order valence-corrected chi connectivity index (χ2v) is 7.87. The lowest BCUT2D eigenvalue weighted by atomic mass is 9.94. The summed E-state index contributed by atoms with van der Waals surface area (Å²) < 4.78 is 0. The highest BCUT2D eigenvalue weighted by Crippen LogP contribution is 2.30. The highest BCUT2D eigenvalue weighted by Gasteiger charge is 2.41. The standard InChI is InChI=1S/C20H25ClN2O3/c1-13(2)7-8-23-16-5-4-15(20(23)26)11-22(12-16)19(25)10-14-3-6-18(24)17(21)9-14/h3,6-7,9,15-16,24H,4-5,8,10-12H2,1-2H3/t15-,16+/m0/s1. The minimum atomic E-state index is -0.105. The van der Waals surface area contributed by atoms with Crippen molar-refractivity contribution in [3.63, 3.8) is 0 Å². The number of benzene rings is 1. The van der Waals surface area contributed by atoms with E-state index in [0.29, 0.717) is 19.6 Å². The van der Waals surface area contributed by atoms with Gasteiger partial charge in [0.05, 0.1) is 17.4 Å². The molecule has 5 nitrogen and oxygen atoms in total. The maximum absolute atomic E-state index is 12.8. The summed E-state index contributed by atoms with van der Waals surface area (Å²) in [4.78, 5) is 29.3. The Morgan fingerprint density at radius 3 is 2.77 bits per heavy atom. The SMILES string of the molecule is CC(C)=CCN1C(=O)[C@H]2CC[C@@H]1CN(C(=O)Cc1ccc(O)c(Cl)c1)C2. The first kappa shape index (κ1) is 18.8. The van der Waals surface area contributed by atoms with E-state index in [0.717, 1.165) is 18.4 Å². The van der Waals surface area contributed by atoms with Gasteiger partial charge in [0.1, 0.15) is 5.75 Å². The van der Waals surface area contributed by atoms with E-state index in [1.54, 1.807) is 12.1 Å². The molecule has 0 radical (unpaired) electrons. The molecule has 3 heterocycles. The molecule has 6 heteroatoms. The van der Waals surface area contributed by atoms with E-state index in [4.69, 9.17) is 11.6 Å². The lowest BCUT2D eigenvalue weighted by Crippen LogP contribution is -2.48. The summed E-state index contributed by atoms with van der Waals surface area (Å²) in [5, 5.41) is 9.76. The molecule has 2 amide bonds. The first-order chi connectivity index (χ1) is 12.3. The Labute approximate surface area is 159 Å². The van der Waals surface area contributed by atoms with Crippen LogP contribution < -0.4 is 0 Å². The van der Waals surface area contributed by atoms with E-state index < -0.39 is 0 Å².